The van der Waals surface area contributed by atoms with Crippen LogP contribution in [0.2, 0.25) is 0 Å². The predicted molar refractivity (Wildman–Crippen MR) is 497 cm³/mol. The van der Waals surface area contributed by atoms with E-state index in [9.17, 15) is 4.79 Å². The summed E-state index contributed by atoms with van der Waals surface area (Å²) in [6, 6.07) is 74.0. The summed E-state index contributed by atoms with van der Waals surface area (Å²) in [5, 5.41) is 0. The fraction of sp³-hybridized carbons (Fsp3) is 0.447. The van der Waals surface area contributed by atoms with Gasteiger partial charge in [-0.25, -0.2) is 0 Å². The Balaban J connectivity index is -0.000000192. The number of carbonyl (C=O) groups is 1. The summed E-state index contributed by atoms with van der Waals surface area (Å²) in [4.78, 5) is 30.7. The van der Waals surface area contributed by atoms with Crippen molar-refractivity contribution in [2.75, 3.05) is 128 Å². The van der Waals surface area contributed by atoms with E-state index in [0.29, 0.717) is 0 Å². The molecule has 8 aliphatic heterocycles. The fourth-order valence-corrected chi connectivity index (χ4v) is 13.5. The van der Waals surface area contributed by atoms with Crippen molar-refractivity contribution < 1.29 is 266 Å². The van der Waals surface area contributed by atoms with E-state index in [1.807, 2.05) is 236 Å². The molecule has 8 aromatic carbocycles. The van der Waals surface area contributed by atoms with Gasteiger partial charge < -0.3 is 90.6 Å². The van der Waals surface area contributed by atoms with Crippen molar-refractivity contribution >= 4 is 40.4 Å². The van der Waals surface area contributed by atoms with Crippen LogP contribution < -0.4 is 19.6 Å². The van der Waals surface area contributed by atoms with E-state index in [1.165, 1.54) is 180 Å². The molecule has 0 fully saturated rings. The van der Waals surface area contributed by atoms with Gasteiger partial charge in [0.1, 0.15) is 0 Å². The summed E-state index contributed by atoms with van der Waals surface area (Å²) in [7, 11) is 16.9. The zero-order valence-corrected chi connectivity index (χ0v) is 103. The Morgan fingerprint density at radius 2 is 0.587 bits per heavy atom. The molecule has 0 saturated heterocycles. The third-order valence-electron chi connectivity index (χ3n) is 17.7. The van der Waals surface area contributed by atoms with Crippen LogP contribution in [0, 0.1) is 99.9 Å². The zero-order valence-electron chi connectivity index (χ0n) is 79.5. The zero-order chi connectivity index (χ0) is 84.0. The number of hydrogen-bond acceptors (Lipinski definition) is 9. The van der Waals surface area contributed by atoms with Gasteiger partial charge >= 0.3 is 0 Å². The molecule has 0 aliphatic carbocycles. The van der Waals surface area contributed by atoms with Crippen molar-refractivity contribution in [3.8, 4) is 0 Å². The molecule has 0 saturated carbocycles. The quantitative estimate of drug-likeness (QED) is 0.138. The minimum Gasteiger partial charge on any atom is -0.426 e. The first-order valence-corrected chi connectivity index (χ1v) is 42.3. The second-order valence-electron chi connectivity index (χ2n) is 29.2. The van der Waals surface area contributed by atoms with E-state index in [-0.39, 0.29) is 268 Å². The monoisotopic (exact) mass is 2260 g/mol. The van der Waals surface area contributed by atoms with Crippen LogP contribution in [0.1, 0.15) is 202 Å². The van der Waals surface area contributed by atoms with E-state index in [0.717, 1.165) is 50.4 Å². The third kappa shape index (κ3) is 60.4. The summed E-state index contributed by atoms with van der Waals surface area (Å²) in [5.74, 6) is 1.32. The Morgan fingerprint density at radius 3 is 1.07 bits per heavy atom. The average molecular weight is 2260 g/mol. The van der Waals surface area contributed by atoms with Gasteiger partial charge in [-0.2, -0.15) is 316 Å². The molecule has 121 heavy (non-hydrogen) atoms. The van der Waals surface area contributed by atoms with Crippen LogP contribution in [0.3, 0.4) is 0 Å². The van der Waals surface area contributed by atoms with Gasteiger partial charge in [0.2, 0.25) is 5.91 Å². The Hall–Kier alpha value is 1.49. The van der Waals surface area contributed by atoms with E-state index >= 15 is 0 Å². The van der Waals surface area contributed by atoms with Crippen LogP contribution in [-0.2, 0) is 326 Å². The van der Waals surface area contributed by atoms with Crippen molar-refractivity contribution in [2.45, 2.75) is 206 Å². The predicted octanol–water partition coefficient (Wildman–Crippen LogP) is 23.3. The van der Waals surface area contributed by atoms with E-state index < -0.39 is 0 Å². The number of amides is 1. The Bertz CT molecular complexity index is 3540. The van der Waals surface area contributed by atoms with Crippen molar-refractivity contribution in [1.29, 1.82) is 0 Å². The third-order valence-corrected chi connectivity index (χ3v) is 18.7. The number of hydrogen-bond donors (Lipinski definition) is 0. The molecule has 0 aromatic heterocycles. The number of nitrogens with zero attached hydrogens (tertiary/aromatic N) is 8. The SMILES string of the molecule is CN1CCCCc2cc[c-]cc21.CN1CCCc2cc[c-]cc21.CN1CCCc2cc[c-]cc2C1.CN1CCSc2cc[c-]cc21.CN1CCc2c[c-]ccc21.CN1CCc2c[c-]ccc2CC1.CN1Cc2c[c-]ccc2C1.CN1Cc2c[c-]ccc2C1=O.C[CH-]C.C[CH-]C.C[CH-]C.C[CH-]C.C[CH-]C.C[CH-]C.C[CH-]C.C[CH-]C.[Y].[Y].[Y].[Y].[Y].[Y].[Y].[Y]. The number of benzene rings is 8. The van der Waals surface area contributed by atoms with Crippen LogP contribution in [0.4, 0.5) is 22.7 Å². The number of likely N-dealkylation sites (N-methyl/N-ethyl adjacent to an activating group) is 2. The molecule has 0 bridgehead atoms. The van der Waals surface area contributed by atoms with Crippen molar-refractivity contribution in [3.05, 3.63) is 307 Å². The molecule has 0 N–H and O–H groups in total. The minimum absolute atomic E-state index is 0. The first-order valence-electron chi connectivity index (χ1n) is 41.3. The molecule has 0 spiro atoms. The summed E-state index contributed by atoms with van der Waals surface area (Å²) < 4.78 is 0. The Labute approximate surface area is 951 Å². The number of rotatable bonds is 0. The van der Waals surface area contributed by atoms with Gasteiger partial charge in [0.15, 0.2) is 0 Å². The first-order chi connectivity index (χ1) is 54.7. The van der Waals surface area contributed by atoms with Gasteiger partial charge in [-0.1, -0.05) is 46.1 Å². The molecule has 18 heteroatoms. The maximum atomic E-state index is 11.3. The van der Waals surface area contributed by atoms with Crippen LogP contribution in [-0.4, -0.2) is 133 Å². The molecule has 1 amide bonds. The average Bonchev–Trinajstić information content (AvgIpc) is 1.75. The minimum atomic E-state index is 0. The van der Waals surface area contributed by atoms with E-state index in [2.05, 4.69) is 217 Å². The summed E-state index contributed by atoms with van der Waals surface area (Å²) in [5.41, 5.74) is 20.6. The molecular weight excluding hydrogens is 2110 g/mol. The molecule has 0 unspecified atom stereocenters. The Kier molecular flexibility index (Phi) is 103. The van der Waals surface area contributed by atoms with Gasteiger partial charge in [0.05, 0.1) is 0 Å². The van der Waals surface area contributed by atoms with Gasteiger partial charge in [-0.05, 0) is 126 Å². The topological polar surface area (TPSA) is 43.0 Å². The maximum absolute atomic E-state index is 11.3. The van der Waals surface area contributed by atoms with Crippen molar-refractivity contribution in [2.24, 2.45) is 0 Å². The van der Waals surface area contributed by atoms with Crippen LogP contribution >= 0.6 is 11.8 Å². The van der Waals surface area contributed by atoms with Crippen LogP contribution in [0.5, 0.6) is 0 Å². The summed E-state index contributed by atoms with van der Waals surface area (Å²) in [6.07, 6.45) is 28.5. The molecule has 0 atom stereocenters. The maximum Gasteiger partial charge on any atom is 0.228 e. The van der Waals surface area contributed by atoms with Gasteiger partial charge in [-0.15, -0.1) is 56.8 Å². The molecule has 16 rings (SSSR count). The molecule has 8 heterocycles. The van der Waals surface area contributed by atoms with Gasteiger partial charge in [-0.3, -0.25) is 4.79 Å². The molecule has 8 aromatic rings. The standard InChI is InChI=1S/3C11H14N.C10H12N.C9H8NO.C9H10NS.2C9H10N.8C3H7.8Y/c1-12-9-5-4-7-10-6-2-3-8-11(10)12;1-12-8-4-7-10-5-2-3-6-11(10)9-12;1-12-8-6-10-4-2-3-5-11(10)7-9-12;1-11-8-4-6-9-5-2-3-7-10(9)11;1-10-6-7-4-2-3-5-8(7)9(10)11;1-10-6-7-11-9-5-3-2-4-8(9)10;1-10-6-8-4-2-3-5-9(8)7-10;1-10-7-6-8-4-2-3-5-9(8)10;8*1-3-2;;;;;;;;/h2,6,8H,4-5,7,9H2,1H3;2,5-6H,4,7-9H2,1H3;2,4-5H,6-9H2,1H3;2,5,7H,4,6,8H2,1H3;3-5H,6H2,1H3;3-5H,6-7H2,1H3;2,4-5H,6-7H2,1H3;3-5H,6-7H2,1H3;8*3H,1-2H3;;;;;;;;/q16*-1;;;;;;;;. The smallest absolute Gasteiger partial charge is 0.228 e. The van der Waals surface area contributed by atoms with Gasteiger partial charge in [0.25, 0.3) is 0 Å². The van der Waals surface area contributed by atoms with Crippen molar-refractivity contribution in [1.82, 2.24) is 19.6 Å². The van der Waals surface area contributed by atoms with Crippen LogP contribution in [0.25, 0.3) is 0 Å². The summed E-state index contributed by atoms with van der Waals surface area (Å²) >= 11 is 1.93. The molecule has 8 aliphatic rings. The Morgan fingerprint density at radius 1 is 0.256 bits per heavy atom. The van der Waals surface area contributed by atoms with Gasteiger partial charge in [0, 0.05) is 321 Å². The summed E-state index contributed by atoms with van der Waals surface area (Å²) in [6.45, 7) is 44.3. The first kappa shape index (κ1) is 138. The number of aryl methyl sites for hydroxylation is 3. The fourth-order valence-electron chi connectivity index (χ4n) is 12.4. The molecular formula is C103H148N8OSY8-16. The van der Waals surface area contributed by atoms with E-state index in [1.54, 1.807) is 11.0 Å². The molecule has 8 radical (unpaired) electrons. The second kappa shape index (κ2) is 90.6. The normalized spacial score (nSPS) is 13.6. The molecule has 9 nitrogen and oxygen atoms in total. The van der Waals surface area contributed by atoms with E-state index in [4.69, 9.17) is 0 Å². The number of thioether (sulfide) groups is 1. The largest absolute Gasteiger partial charge is 0.426 e. The number of carbonyl (C=O) groups excluding carboxylic acids is 1. The second-order valence-corrected chi connectivity index (χ2v) is 30.3. The molecule has 652 valence electrons. The van der Waals surface area contributed by atoms with Crippen LogP contribution in [0.15, 0.2) is 150 Å². The number of fused-ring (bicyclic) bond motifs is 8. The van der Waals surface area contributed by atoms with Crippen molar-refractivity contribution in [3.63, 3.8) is 0 Å². The number of anilines is 4.